The highest BCUT2D eigenvalue weighted by molar-refractivity contribution is 6.20. The Kier molecular flexibility index (Phi) is 6.63. The number of nitrogens with zero attached hydrogens (tertiary/aromatic N) is 4. The number of ketones is 1. The number of aliphatic hydroxyl groups is 1. The third kappa shape index (κ3) is 5.02. The van der Waals surface area contributed by atoms with Gasteiger partial charge in [-0.3, -0.25) is 14.4 Å². The molecule has 1 N–H and O–H groups in total. The molecule has 0 saturated carbocycles. The standard InChI is InChI=1S/C19H26N4O7/c1-11(24)16-17(26)13(6-7-15(25)30-19(3,4)5)22(18(16)27)9-8-21-12(2)20-10-14(21)23(28)29/h10,13,26H,6-9H2,1-5H3. The molecule has 164 valence electrons. The largest absolute Gasteiger partial charge is 0.509 e. The van der Waals surface area contributed by atoms with E-state index in [2.05, 4.69) is 4.98 Å². The third-order valence-corrected chi connectivity index (χ3v) is 4.60. The molecule has 1 amide bonds. The van der Waals surface area contributed by atoms with E-state index in [9.17, 15) is 29.6 Å². The number of aryl methyl sites for hydroxylation is 1. The molecular formula is C19H26N4O7. The van der Waals surface area contributed by atoms with Crippen molar-refractivity contribution in [1.82, 2.24) is 14.5 Å². The average molecular weight is 422 g/mol. The van der Waals surface area contributed by atoms with E-state index in [4.69, 9.17) is 4.74 Å². The van der Waals surface area contributed by atoms with Gasteiger partial charge in [-0.2, -0.15) is 0 Å². The lowest BCUT2D eigenvalue weighted by Gasteiger charge is -2.25. The summed E-state index contributed by atoms with van der Waals surface area (Å²) in [6.45, 7) is 7.95. The minimum Gasteiger partial charge on any atom is -0.509 e. The zero-order valence-electron chi connectivity index (χ0n) is 17.7. The maximum Gasteiger partial charge on any atom is 0.342 e. The second kappa shape index (κ2) is 8.64. The molecule has 0 aliphatic carbocycles. The molecule has 0 fully saturated rings. The summed E-state index contributed by atoms with van der Waals surface area (Å²) in [5, 5.41) is 21.6. The van der Waals surface area contributed by atoms with Crippen LogP contribution in [0.2, 0.25) is 0 Å². The molecule has 2 rings (SSSR count). The molecule has 0 aromatic carbocycles. The second-order valence-corrected chi connectivity index (χ2v) is 8.03. The van der Waals surface area contributed by atoms with Crippen LogP contribution in [0.15, 0.2) is 17.5 Å². The van der Waals surface area contributed by atoms with E-state index in [1.807, 2.05) is 0 Å². The van der Waals surface area contributed by atoms with Crippen LogP contribution in [0.4, 0.5) is 5.82 Å². The van der Waals surface area contributed by atoms with Crippen LogP contribution in [-0.4, -0.2) is 60.3 Å². The molecule has 0 spiro atoms. The van der Waals surface area contributed by atoms with Crippen molar-refractivity contribution in [3.05, 3.63) is 33.5 Å². The smallest absolute Gasteiger partial charge is 0.342 e. The zero-order chi connectivity index (χ0) is 22.8. The number of hydrogen-bond acceptors (Lipinski definition) is 8. The Balaban J connectivity index is 2.20. The summed E-state index contributed by atoms with van der Waals surface area (Å²) in [4.78, 5) is 52.4. The maximum absolute atomic E-state index is 12.7. The number of aromatic nitrogens is 2. The third-order valence-electron chi connectivity index (χ3n) is 4.60. The Labute approximate surface area is 173 Å². The van der Waals surface area contributed by atoms with Crippen LogP contribution in [-0.2, 0) is 25.7 Å². The fourth-order valence-electron chi connectivity index (χ4n) is 3.32. The monoisotopic (exact) mass is 422 g/mol. The zero-order valence-corrected chi connectivity index (χ0v) is 17.7. The highest BCUT2D eigenvalue weighted by Crippen LogP contribution is 2.29. The Bertz CT molecular complexity index is 910. The molecule has 1 aliphatic heterocycles. The summed E-state index contributed by atoms with van der Waals surface area (Å²) in [7, 11) is 0. The summed E-state index contributed by atoms with van der Waals surface area (Å²) >= 11 is 0. The summed E-state index contributed by atoms with van der Waals surface area (Å²) in [6.07, 6.45) is 1.09. The summed E-state index contributed by atoms with van der Waals surface area (Å²) < 4.78 is 6.59. The number of carbonyl (C=O) groups excluding carboxylic acids is 3. The quantitative estimate of drug-likeness (QED) is 0.289. The number of imidazole rings is 1. The summed E-state index contributed by atoms with van der Waals surface area (Å²) in [5.41, 5.74) is -1.01. The molecule has 1 unspecified atom stereocenters. The second-order valence-electron chi connectivity index (χ2n) is 8.03. The fraction of sp³-hybridized carbons (Fsp3) is 0.579. The van der Waals surface area contributed by atoms with Gasteiger partial charge in [-0.15, -0.1) is 0 Å². The van der Waals surface area contributed by atoms with Crippen LogP contribution in [0, 0.1) is 17.0 Å². The first-order valence-electron chi connectivity index (χ1n) is 9.47. The van der Waals surface area contributed by atoms with Crippen molar-refractivity contribution in [2.75, 3.05) is 6.54 Å². The van der Waals surface area contributed by atoms with Gasteiger partial charge in [0.05, 0.1) is 12.6 Å². The highest BCUT2D eigenvalue weighted by Gasteiger charge is 2.41. The van der Waals surface area contributed by atoms with Crippen LogP contribution >= 0.6 is 0 Å². The van der Waals surface area contributed by atoms with Crippen molar-refractivity contribution in [3.8, 4) is 0 Å². The molecule has 1 aromatic rings. The number of esters is 1. The molecule has 2 heterocycles. The Morgan fingerprint density at radius 3 is 2.50 bits per heavy atom. The Morgan fingerprint density at radius 2 is 1.97 bits per heavy atom. The number of amides is 1. The van der Waals surface area contributed by atoms with E-state index in [-0.39, 0.29) is 37.3 Å². The van der Waals surface area contributed by atoms with Gasteiger partial charge in [0.15, 0.2) is 11.6 Å². The minimum absolute atomic E-state index is 0.0172. The molecule has 1 aliphatic rings. The van der Waals surface area contributed by atoms with Crippen molar-refractivity contribution in [2.45, 2.75) is 65.6 Å². The van der Waals surface area contributed by atoms with Crippen LogP contribution in [0.25, 0.3) is 0 Å². The van der Waals surface area contributed by atoms with Gasteiger partial charge in [0.1, 0.15) is 29.7 Å². The Hall–Kier alpha value is -3.24. The molecule has 30 heavy (non-hydrogen) atoms. The van der Waals surface area contributed by atoms with Crippen LogP contribution in [0.3, 0.4) is 0 Å². The van der Waals surface area contributed by atoms with Gasteiger partial charge >= 0.3 is 11.8 Å². The minimum atomic E-state index is -0.896. The fourth-order valence-corrected chi connectivity index (χ4v) is 3.32. The number of ether oxygens (including phenoxy) is 1. The lowest BCUT2D eigenvalue weighted by Crippen LogP contribution is -2.39. The number of rotatable bonds is 8. The van der Waals surface area contributed by atoms with Crippen molar-refractivity contribution in [1.29, 1.82) is 0 Å². The highest BCUT2D eigenvalue weighted by atomic mass is 16.6. The van der Waals surface area contributed by atoms with E-state index < -0.39 is 40.0 Å². The predicted octanol–water partition coefficient (Wildman–Crippen LogP) is 1.83. The van der Waals surface area contributed by atoms with Gasteiger partial charge in [-0.1, -0.05) is 0 Å². The van der Waals surface area contributed by atoms with Crippen molar-refractivity contribution in [3.63, 3.8) is 0 Å². The number of aliphatic hydroxyl groups excluding tert-OH is 1. The summed E-state index contributed by atoms with van der Waals surface area (Å²) in [6, 6.07) is -0.896. The first-order chi connectivity index (χ1) is 13.8. The number of carbonyl (C=O) groups is 3. The van der Waals surface area contributed by atoms with Crippen molar-refractivity contribution < 1.29 is 29.2 Å². The molecule has 11 nitrogen and oxygen atoms in total. The van der Waals surface area contributed by atoms with Crippen molar-refractivity contribution in [2.24, 2.45) is 0 Å². The first-order valence-corrected chi connectivity index (χ1v) is 9.47. The van der Waals surface area contributed by atoms with Gasteiger partial charge in [-0.25, -0.2) is 9.55 Å². The molecule has 0 radical (unpaired) electrons. The topological polar surface area (TPSA) is 145 Å². The lowest BCUT2D eigenvalue weighted by molar-refractivity contribution is -0.392. The molecule has 11 heteroatoms. The Morgan fingerprint density at radius 1 is 1.33 bits per heavy atom. The number of Topliss-reactive ketones (excluding diaryl/α,β-unsaturated/α-hetero) is 1. The van der Waals surface area contributed by atoms with Crippen LogP contribution < -0.4 is 0 Å². The first kappa shape index (κ1) is 23.0. The lowest BCUT2D eigenvalue weighted by atomic mass is 10.1. The van der Waals surface area contributed by atoms with E-state index in [1.54, 1.807) is 27.7 Å². The number of nitro groups is 1. The van der Waals surface area contributed by atoms with E-state index in [0.29, 0.717) is 5.82 Å². The van der Waals surface area contributed by atoms with Crippen LogP contribution in [0.1, 0.15) is 46.4 Å². The summed E-state index contributed by atoms with van der Waals surface area (Å²) in [5.74, 6) is -1.99. The maximum atomic E-state index is 12.7. The van der Waals surface area contributed by atoms with E-state index in [0.717, 1.165) is 6.20 Å². The van der Waals surface area contributed by atoms with Gasteiger partial charge in [0.2, 0.25) is 0 Å². The van der Waals surface area contributed by atoms with Gasteiger partial charge in [-0.05, 0) is 39.0 Å². The van der Waals surface area contributed by atoms with E-state index in [1.165, 1.54) is 16.4 Å². The predicted molar refractivity (Wildman–Crippen MR) is 105 cm³/mol. The van der Waals surface area contributed by atoms with Gasteiger partial charge in [0, 0.05) is 13.3 Å². The van der Waals surface area contributed by atoms with E-state index >= 15 is 0 Å². The average Bonchev–Trinajstić information content (AvgIpc) is 3.07. The number of hydrogen-bond donors (Lipinski definition) is 1. The molecule has 1 aromatic heterocycles. The van der Waals surface area contributed by atoms with Gasteiger partial charge in [0.25, 0.3) is 5.91 Å². The molecular weight excluding hydrogens is 396 g/mol. The van der Waals surface area contributed by atoms with Crippen molar-refractivity contribution >= 4 is 23.5 Å². The SMILES string of the molecule is CC(=O)C1=C(O)C(CCC(=O)OC(C)(C)C)N(CCn2c([N+](=O)[O-])cnc2C)C1=O. The van der Waals surface area contributed by atoms with Crippen LogP contribution in [0.5, 0.6) is 0 Å². The van der Waals surface area contributed by atoms with Gasteiger partial charge < -0.3 is 24.9 Å². The normalized spacial score (nSPS) is 16.9. The molecule has 0 saturated heterocycles. The molecule has 1 atom stereocenters. The molecule has 0 bridgehead atoms.